The molecule has 3 aliphatic rings. The number of hydrogen-bond donors (Lipinski definition) is 2. The van der Waals surface area contributed by atoms with Crippen LogP contribution >= 0.6 is 0 Å². The molecule has 1 aromatic carbocycles. The highest BCUT2D eigenvalue weighted by molar-refractivity contribution is 6.00. The van der Waals surface area contributed by atoms with Crippen molar-refractivity contribution in [3.05, 3.63) is 57.7 Å². The Balaban J connectivity index is 1.19. The molecule has 1 saturated heterocycles. The fourth-order valence-corrected chi connectivity index (χ4v) is 5.83. The van der Waals surface area contributed by atoms with Crippen molar-refractivity contribution in [1.82, 2.24) is 20.2 Å². The van der Waals surface area contributed by atoms with Crippen molar-refractivity contribution in [1.29, 1.82) is 0 Å². The number of rotatable bonds is 5. The fourth-order valence-electron chi connectivity index (χ4n) is 5.83. The van der Waals surface area contributed by atoms with Crippen molar-refractivity contribution in [2.24, 2.45) is 0 Å². The first-order valence-electron chi connectivity index (χ1n) is 13.1. The molecule has 0 aliphatic carbocycles. The fraction of sp³-hybridized carbons (Fsp3) is 0.444. The molecule has 1 unspecified atom stereocenters. The Morgan fingerprint density at radius 2 is 1.74 bits per heavy atom. The summed E-state index contributed by atoms with van der Waals surface area (Å²) in [5.74, 6) is -0.548. The number of carbonyl (C=O) groups excluding carboxylic acids is 2. The number of aryl methyl sites for hydroxylation is 2. The third-order valence-electron chi connectivity index (χ3n) is 7.67. The quantitative estimate of drug-likeness (QED) is 0.469. The summed E-state index contributed by atoms with van der Waals surface area (Å²) in [6.45, 7) is 3.27. The van der Waals surface area contributed by atoms with Crippen molar-refractivity contribution in [3.63, 3.8) is 0 Å². The molecule has 2 aromatic heterocycles. The molecule has 0 radical (unpaired) electrons. The SMILES string of the molecule is O=C(NC(CO)C(=O)N1CCN(c2ncccn2)CC1)c1cc2cc3c4c(c2oc1=O)CCCN4CCC3. The Morgan fingerprint density at radius 3 is 2.47 bits per heavy atom. The molecule has 3 aliphatic heterocycles. The molecule has 2 amide bonds. The standard InChI is InChI=1S/C27H30N6O5/c34-16-21(25(36)32-10-12-33(13-11-32)27-28-6-3-7-29-27)30-24(35)20-15-18-14-17-4-1-8-31-9-2-5-19(22(17)31)23(18)38-26(20)37/h3,6-7,14-15,21,34H,1-2,4-5,8-13,16H2,(H,30,35). The van der Waals surface area contributed by atoms with Gasteiger partial charge in [-0.1, -0.05) is 0 Å². The summed E-state index contributed by atoms with van der Waals surface area (Å²) in [6.07, 6.45) is 7.16. The van der Waals surface area contributed by atoms with Gasteiger partial charge in [0.1, 0.15) is 17.2 Å². The number of carbonyl (C=O) groups is 2. The van der Waals surface area contributed by atoms with Gasteiger partial charge in [-0.05, 0) is 49.4 Å². The highest BCUT2D eigenvalue weighted by atomic mass is 16.4. The molecule has 2 N–H and O–H groups in total. The van der Waals surface area contributed by atoms with Crippen LogP contribution in [0.2, 0.25) is 0 Å². The number of benzene rings is 1. The monoisotopic (exact) mass is 518 g/mol. The third kappa shape index (κ3) is 4.36. The predicted molar refractivity (Wildman–Crippen MR) is 141 cm³/mol. The Kier molecular flexibility index (Phi) is 6.44. The van der Waals surface area contributed by atoms with Crippen molar-refractivity contribution in [3.8, 4) is 0 Å². The summed E-state index contributed by atoms with van der Waals surface area (Å²) < 4.78 is 5.71. The highest BCUT2D eigenvalue weighted by Gasteiger charge is 2.31. The number of aliphatic hydroxyl groups is 1. The molecular formula is C27H30N6O5. The Bertz CT molecular complexity index is 1430. The van der Waals surface area contributed by atoms with Crippen LogP contribution in [0.5, 0.6) is 0 Å². The van der Waals surface area contributed by atoms with E-state index in [1.165, 1.54) is 11.3 Å². The van der Waals surface area contributed by atoms with Crippen LogP contribution in [0.15, 0.2) is 39.8 Å². The second-order valence-corrected chi connectivity index (χ2v) is 9.99. The number of fused-ring (bicyclic) bond motifs is 2. The minimum absolute atomic E-state index is 0.176. The van der Waals surface area contributed by atoms with Gasteiger partial charge in [-0.25, -0.2) is 14.8 Å². The number of anilines is 2. The van der Waals surface area contributed by atoms with Gasteiger partial charge >= 0.3 is 5.63 Å². The molecule has 198 valence electrons. The van der Waals surface area contributed by atoms with Crippen molar-refractivity contribution in [2.75, 3.05) is 55.7 Å². The van der Waals surface area contributed by atoms with E-state index in [9.17, 15) is 19.5 Å². The zero-order valence-electron chi connectivity index (χ0n) is 21.1. The summed E-state index contributed by atoms with van der Waals surface area (Å²) in [4.78, 5) is 53.6. The molecule has 0 bridgehead atoms. The lowest BCUT2D eigenvalue weighted by Crippen LogP contribution is -2.56. The smallest absolute Gasteiger partial charge is 0.349 e. The van der Waals surface area contributed by atoms with Crippen LogP contribution in [0.4, 0.5) is 11.6 Å². The van der Waals surface area contributed by atoms with E-state index >= 15 is 0 Å². The normalized spacial score (nSPS) is 17.8. The lowest BCUT2D eigenvalue weighted by Gasteiger charge is -2.37. The van der Waals surface area contributed by atoms with Crippen molar-refractivity contribution >= 4 is 34.4 Å². The molecule has 6 rings (SSSR count). The first-order chi connectivity index (χ1) is 18.5. The van der Waals surface area contributed by atoms with E-state index in [1.54, 1.807) is 29.4 Å². The topological polar surface area (TPSA) is 132 Å². The van der Waals surface area contributed by atoms with E-state index in [-0.39, 0.29) is 5.56 Å². The average Bonchev–Trinajstić information content (AvgIpc) is 2.96. The number of aromatic nitrogens is 2. The number of hydrogen-bond acceptors (Lipinski definition) is 9. The van der Waals surface area contributed by atoms with Gasteiger partial charge in [-0.3, -0.25) is 9.59 Å². The summed E-state index contributed by atoms with van der Waals surface area (Å²) in [7, 11) is 0. The lowest BCUT2D eigenvalue weighted by molar-refractivity contribution is -0.134. The van der Waals surface area contributed by atoms with E-state index in [4.69, 9.17) is 4.42 Å². The highest BCUT2D eigenvalue weighted by Crippen LogP contribution is 2.39. The Morgan fingerprint density at radius 1 is 1.00 bits per heavy atom. The molecule has 0 spiro atoms. The van der Waals surface area contributed by atoms with Gasteiger partial charge in [0.15, 0.2) is 0 Å². The van der Waals surface area contributed by atoms with Gasteiger partial charge in [-0.15, -0.1) is 0 Å². The second-order valence-electron chi connectivity index (χ2n) is 9.99. The van der Waals surface area contributed by atoms with Crippen LogP contribution in [0, 0.1) is 0 Å². The number of amides is 2. The van der Waals surface area contributed by atoms with Gasteiger partial charge in [0, 0.05) is 68.3 Å². The number of piperazine rings is 1. The maximum atomic E-state index is 13.1. The minimum atomic E-state index is -1.17. The number of aliphatic hydroxyl groups excluding tert-OH is 1. The summed E-state index contributed by atoms with van der Waals surface area (Å²) >= 11 is 0. The van der Waals surface area contributed by atoms with Gasteiger partial charge in [0.25, 0.3) is 5.91 Å². The Labute approximate surface area is 219 Å². The molecule has 11 nitrogen and oxygen atoms in total. The van der Waals surface area contributed by atoms with Crippen LogP contribution < -0.4 is 20.7 Å². The molecule has 3 aromatic rings. The van der Waals surface area contributed by atoms with Gasteiger partial charge < -0.3 is 29.5 Å². The van der Waals surface area contributed by atoms with E-state index in [0.717, 1.165) is 44.3 Å². The zero-order chi connectivity index (χ0) is 26.2. The minimum Gasteiger partial charge on any atom is -0.422 e. The average molecular weight is 519 g/mol. The maximum absolute atomic E-state index is 13.1. The maximum Gasteiger partial charge on any atom is 0.349 e. The van der Waals surface area contributed by atoms with E-state index in [1.807, 2.05) is 11.0 Å². The molecular weight excluding hydrogens is 488 g/mol. The second kappa shape index (κ2) is 10.1. The predicted octanol–water partition coefficient (Wildman–Crippen LogP) is 0.721. The van der Waals surface area contributed by atoms with E-state index in [2.05, 4.69) is 20.2 Å². The molecule has 5 heterocycles. The van der Waals surface area contributed by atoms with Crippen LogP contribution in [0.1, 0.15) is 34.3 Å². The molecule has 38 heavy (non-hydrogen) atoms. The summed E-state index contributed by atoms with van der Waals surface area (Å²) in [6, 6.07) is 4.13. The summed E-state index contributed by atoms with van der Waals surface area (Å²) in [5.41, 5.74) is 3.04. The third-order valence-corrected chi connectivity index (χ3v) is 7.67. The first-order valence-corrected chi connectivity index (χ1v) is 13.1. The Hall–Kier alpha value is -3.99. The van der Waals surface area contributed by atoms with Crippen LogP contribution in [-0.2, 0) is 17.6 Å². The van der Waals surface area contributed by atoms with Crippen LogP contribution in [0.3, 0.4) is 0 Å². The number of nitrogens with zero attached hydrogens (tertiary/aromatic N) is 5. The molecule has 1 atom stereocenters. The molecule has 11 heteroatoms. The zero-order valence-corrected chi connectivity index (χ0v) is 21.1. The van der Waals surface area contributed by atoms with Crippen LogP contribution in [0.25, 0.3) is 11.0 Å². The lowest BCUT2D eigenvalue weighted by atomic mass is 9.90. The molecule has 1 fully saturated rings. The number of nitrogens with one attached hydrogen (secondary N) is 1. The van der Waals surface area contributed by atoms with Crippen LogP contribution in [-0.4, -0.2) is 83.7 Å². The largest absolute Gasteiger partial charge is 0.422 e. The van der Waals surface area contributed by atoms with Crippen molar-refractivity contribution < 1.29 is 19.1 Å². The van der Waals surface area contributed by atoms with Gasteiger partial charge in [-0.2, -0.15) is 0 Å². The van der Waals surface area contributed by atoms with E-state index in [0.29, 0.717) is 43.1 Å². The van der Waals surface area contributed by atoms with E-state index < -0.39 is 30.1 Å². The van der Waals surface area contributed by atoms with Gasteiger partial charge in [0.05, 0.1) is 6.61 Å². The van der Waals surface area contributed by atoms with Crippen molar-refractivity contribution in [2.45, 2.75) is 31.7 Å². The van der Waals surface area contributed by atoms with Gasteiger partial charge in [0.2, 0.25) is 11.9 Å². The summed E-state index contributed by atoms with van der Waals surface area (Å²) in [5, 5.41) is 13.2. The molecule has 0 saturated carbocycles. The first kappa shape index (κ1) is 24.4.